The number of nitrogens with one attached hydrogen (secondary N) is 1. The van der Waals surface area contributed by atoms with Crippen molar-refractivity contribution in [3.63, 3.8) is 0 Å². The maximum Gasteiger partial charge on any atom is 0.224 e. The van der Waals surface area contributed by atoms with E-state index in [1.165, 1.54) is 0 Å². The van der Waals surface area contributed by atoms with Gasteiger partial charge in [0.2, 0.25) is 5.91 Å². The number of hydrogen-bond acceptors (Lipinski definition) is 4. The maximum atomic E-state index is 11.8. The zero-order valence-corrected chi connectivity index (χ0v) is 13.3. The molecule has 2 rings (SSSR count). The molecule has 3 N–H and O–H groups in total. The largest absolute Gasteiger partial charge is 0.399 e. The van der Waals surface area contributed by atoms with Gasteiger partial charge in [0.25, 0.3) is 0 Å². The van der Waals surface area contributed by atoms with Crippen molar-refractivity contribution in [2.75, 3.05) is 48.7 Å². The highest BCUT2D eigenvalue weighted by atomic mass is 16.1. The minimum Gasteiger partial charge on any atom is -0.399 e. The fourth-order valence-electron chi connectivity index (χ4n) is 2.85. The molecule has 5 nitrogen and oxygen atoms in total. The zero-order valence-electron chi connectivity index (χ0n) is 13.3. The molecule has 0 atom stereocenters. The Morgan fingerprint density at radius 1 is 1.24 bits per heavy atom. The third kappa shape index (κ3) is 3.67. The van der Waals surface area contributed by atoms with Gasteiger partial charge in [-0.25, -0.2) is 0 Å². The first kappa shape index (κ1) is 15.6. The van der Waals surface area contributed by atoms with Crippen molar-refractivity contribution in [1.29, 1.82) is 0 Å². The summed E-state index contributed by atoms with van der Waals surface area (Å²) in [5.41, 5.74) is 9.70. The van der Waals surface area contributed by atoms with E-state index in [0.29, 0.717) is 12.1 Å². The standard InChI is InChI=1S/C16H26N4O/c1-4-15(21)18-14-11-13(17)10-12(3)16(14)20-8-6-19(5-2)7-9-20/h10-11H,4-9,17H2,1-3H3,(H,18,21). The van der Waals surface area contributed by atoms with Crippen molar-refractivity contribution in [2.24, 2.45) is 0 Å². The van der Waals surface area contributed by atoms with E-state index in [9.17, 15) is 4.79 Å². The van der Waals surface area contributed by atoms with Gasteiger partial charge >= 0.3 is 0 Å². The lowest BCUT2D eigenvalue weighted by molar-refractivity contribution is -0.115. The lowest BCUT2D eigenvalue weighted by Gasteiger charge is -2.37. The number of piperazine rings is 1. The number of hydrogen-bond donors (Lipinski definition) is 2. The van der Waals surface area contributed by atoms with Gasteiger partial charge in [0.1, 0.15) is 0 Å². The van der Waals surface area contributed by atoms with E-state index >= 15 is 0 Å². The predicted molar refractivity (Wildman–Crippen MR) is 88.8 cm³/mol. The van der Waals surface area contributed by atoms with Crippen LogP contribution < -0.4 is 16.0 Å². The summed E-state index contributed by atoms with van der Waals surface area (Å²) < 4.78 is 0. The van der Waals surface area contributed by atoms with E-state index in [1.54, 1.807) is 0 Å². The van der Waals surface area contributed by atoms with Crippen LogP contribution in [-0.4, -0.2) is 43.5 Å². The molecule has 0 aliphatic carbocycles. The normalized spacial score (nSPS) is 16.0. The minimum atomic E-state index is 0.0217. The molecule has 1 aromatic rings. The van der Waals surface area contributed by atoms with Gasteiger partial charge < -0.3 is 20.9 Å². The van der Waals surface area contributed by atoms with Gasteiger partial charge in [0.05, 0.1) is 11.4 Å². The van der Waals surface area contributed by atoms with Gasteiger partial charge in [-0.1, -0.05) is 13.8 Å². The van der Waals surface area contributed by atoms with Crippen molar-refractivity contribution in [2.45, 2.75) is 27.2 Å². The van der Waals surface area contributed by atoms with Gasteiger partial charge in [-0.3, -0.25) is 4.79 Å². The number of benzene rings is 1. The second-order valence-corrected chi connectivity index (χ2v) is 5.56. The summed E-state index contributed by atoms with van der Waals surface area (Å²) in [6, 6.07) is 3.84. The SMILES string of the molecule is CCC(=O)Nc1cc(N)cc(C)c1N1CCN(CC)CC1. The molecule has 5 heteroatoms. The van der Waals surface area contributed by atoms with Crippen molar-refractivity contribution in [3.8, 4) is 0 Å². The zero-order chi connectivity index (χ0) is 15.4. The number of nitrogens with two attached hydrogens (primary N) is 1. The highest BCUT2D eigenvalue weighted by Crippen LogP contribution is 2.33. The van der Waals surface area contributed by atoms with Crippen LogP contribution in [0.1, 0.15) is 25.8 Å². The molecular formula is C16H26N4O. The third-order valence-corrected chi connectivity index (χ3v) is 4.05. The number of likely N-dealkylation sites (N-methyl/N-ethyl adjacent to an activating group) is 1. The maximum absolute atomic E-state index is 11.8. The highest BCUT2D eigenvalue weighted by Gasteiger charge is 2.21. The molecule has 0 bridgehead atoms. The number of anilines is 3. The molecule has 1 aliphatic rings. The second kappa shape index (κ2) is 6.80. The highest BCUT2D eigenvalue weighted by molar-refractivity contribution is 5.95. The fourth-order valence-corrected chi connectivity index (χ4v) is 2.85. The Kier molecular flexibility index (Phi) is 5.07. The first-order valence-corrected chi connectivity index (χ1v) is 7.72. The molecule has 0 aromatic heterocycles. The fraction of sp³-hybridized carbons (Fsp3) is 0.562. The average Bonchev–Trinajstić information content (AvgIpc) is 2.47. The van der Waals surface area contributed by atoms with Gasteiger partial charge in [0, 0.05) is 38.3 Å². The Morgan fingerprint density at radius 2 is 1.90 bits per heavy atom. The number of nitrogen functional groups attached to an aromatic ring is 1. The molecule has 0 spiro atoms. The van der Waals surface area contributed by atoms with E-state index in [0.717, 1.165) is 49.7 Å². The van der Waals surface area contributed by atoms with Crippen LogP contribution in [0.2, 0.25) is 0 Å². The van der Waals surface area contributed by atoms with Crippen molar-refractivity contribution in [3.05, 3.63) is 17.7 Å². The van der Waals surface area contributed by atoms with Gasteiger partial charge in [-0.15, -0.1) is 0 Å². The summed E-state index contributed by atoms with van der Waals surface area (Å²) in [7, 11) is 0. The molecule has 1 aromatic carbocycles. The van der Waals surface area contributed by atoms with Gasteiger partial charge in [-0.05, 0) is 31.2 Å². The van der Waals surface area contributed by atoms with Crippen LogP contribution in [0.4, 0.5) is 17.1 Å². The Labute approximate surface area is 127 Å². The third-order valence-electron chi connectivity index (χ3n) is 4.05. The van der Waals surface area contributed by atoms with Crippen molar-refractivity contribution >= 4 is 23.0 Å². The molecule has 1 saturated heterocycles. The first-order valence-electron chi connectivity index (χ1n) is 7.72. The smallest absolute Gasteiger partial charge is 0.224 e. The summed E-state index contributed by atoms with van der Waals surface area (Å²) in [6.45, 7) is 11.3. The number of carbonyl (C=O) groups is 1. The summed E-state index contributed by atoms with van der Waals surface area (Å²) in [5, 5.41) is 2.99. The van der Waals surface area contributed by atoms with Crippen LogP contribution in [0.3, 0.4) is 0 Å². The van der Waals surface area contributed by atoms with Crippen LogP contribution in [-0.2, 0) is 4.79 Å². The van der Waals surface area contributed by atoms with Crippen LogP contribution in [0, 0.1) is 6.92 Å². The monoisotopic (exact) mass is 290 g/mol. The minimum absolute atomic E-state index is 0.0217. The number of nitrogens with zero attached hydrogens (tertiary/aromatic N) is 2. The van der Waals surface area contributed by atoms with Crippen molar-refractivity contribution in [1.82, 2.24) is 4.90 Å². The van der Waals surface area contributed by atoms with E-state index < -0.39 is 0 Å². The van der Waals surface area contributed by atoms with E-state index in [-0.39, 0.29) is 5.91 Å². The molecule has 1 heterocycles. The first-order chi connectivity index (χ1) is 10.0. The molecule has 0 unspecified atom stereocenters. The molecule has 116 valence electrons. The summed E-state index contributed by atoms with van der Waals surface area (Å²) in [6.07, 6.45) is 0.469. The molecule has 1 aliphatic heterocycles. The lowest BCUT2D eigenvalue weighted by Crippen LogP contribution is -2.46. The Hall–Kier alpha value is -1.75. The van der Waals surface area contributed by atoms with Crippen LogP contribution in [0.15, 0.2) is 12.1 Å². The topological polar surface area (TPSA) is 61.6 Å². The number of aryl methyl sites for hydroxylation is 1. The molecule has 1 fully saturated rings. The van der Waals surface area contributed by atoms with E-state index in [2.05, 4.69) is 29.0 Å². The van der Waals surface area contributed by atoms with E-state index in [1.807, 2.05) is 19.1 Å². The van der Waals surface area contributed by atoms with E-state index in [4.69, 9.17) is 5.73 Å². The van der Waals surface area contributed by atoms with Gasteiger partial charge in [-0.2, -0.15) is 0 Å². The number of rotatable bonds is 4. The van der Waals surface area contributed by atoms with Crippen molar-refractivity contribution < 1.29 is 4.79 Å². The second-order valence-electron chi connectivity index (χ2n) is 5.56. The number of carbonyl (C=O) groups excluding carboxylic acids is 1. The van der Waals surface area contributed by atoms with Gasteiger partial charge in [0.15, 0.2) is 0 Å². The summed E-state index contributed by atoms with van der Waals surface area (Å²) in [5.74, 6) is 0.0217. The molecule has 21 heavy (non-hydrogen) atoms. The van der Waals surface area contributed by atoms with Crippen LogP contribution in [0.5, 0.6) is 0 Å². The average molecular weight is 290 g/mol. The number of amides is 1. The molecule has 1 amide bonds. The lowest BCUT2D eigenvalue weighted by atomic mass is 10.1. The Bertz CT molecular complexity index is 507. The summed E-state index contributed by atoms with van der Waals surface area (Å²) >= 11 is 0. The van der Waals surface area contributed by atoms with Crippen LogP contribution >= 0.6 is 0 Å². The molecular weight excluding hydrogens is 264 g/mol. The van der Waals surface area contributed by atoms with Crippen LogP contribution in [0.25, 0.3) is 0 Å². The Morgan fingerprint density at radius 3 is 2.48 bits per heavy atom. The molecule has 0 saturated carbocycles. The molecule has 0 radical (unpaired) electrons. The predicted octanol–water partition coefficient (Wildman–Crippen LogP) is 2.07. The summed E-state index contributed by atoms with van der Waals surface area (Å²) in [4.78, 5) is 16.5. The quantitative estimate of drug-likeness (QED) is 0.833. The Balaban J connectivity index is 2.27.